The molecule has 1 amide bonds. The molecule has 0 bridgehead atoms. The van der Waals surface area contributed by atoms with E-state index in [0.717, 1.165) is 15.7 Å². The van der Waals surface area contributed by atoms with Crippen LogP contribution in [0.25, 0.3) is 0 Å². The van der Waals surface area contributed by atoms with E-state index in [1.165, 1.54) is 0 Å². The number of anilines is 1. The van der Waals surface area contributed by atoms with Gasteiger partial charge in [0.05, 0.1) is 11.6 Å². The fourth-order valence-corrected chi connectivity index (χ4v) is 3.07. The molecule has 0 aromatic heterocycles. The molecule has 2 aromatic carbocycles. The van der Waals surface area contributed by atoms with E-state index in [0.29, 0.717) is 12.3 Å². The summed E-state index contributed by atoms with van der Waals surface area (Å²) < 4.78 is 6.22. The topological polar surface area (TPSA) is 46.6 Å². The van der Waals surface area contributed by atoms with E-state index in [-0.39, 0.29) is 18.3 Å². The average molecular weight is 374 g/mol. The van der Waals surface area contributed by atoms with E-state index < -0.39 is 5.92 Å². The van der Waals surface area contributed by atoms with Crippen molar-refractivity contribution in [2.24, 2.45) is 5.92 Å². The Morgan fingerprint density at radius 3 is 2.57 bits per heavy atom. The predicted molar refractivity (Wildman–Crippen MR) is 91.4 cm³/mol. The van der Waals surface area contributed by atoms with Crippen molar-refractivity contribution < 1.29 is 14.3 Å². The Morgan fingerprint density at radius 1 is 1.17 bits per heavy atom. The Hall–Kier alpha value is -2.14. The molecular weight excluding hydrogens is 358 g/mol. The first-order valence-corrected chi connectivity index (χ1v) is 8.17. The average Bonchev–Trinajstić information content (AvgIpc) is 2.92. The van der Waals surface area contributed by atoms with Gasteiger partial charge in [0.2, 0.25) is 5.91 Å². The van der Waals surface area contributed by atoms with Gasteiger partial charge in [0.15, 0.2) is 0 Å². The number of para-hydroxylation sites is 1. The molecule has 4 nitrogen and oxygen atoms in total. The lowest BCUT2D eigenvalue weighted by molar-refractivity contribution is -0.139. The van der Waals surface area contributed by atoms with Crippen molar-refractivity contribution in [1.29, 1.82) is 0 Å². The molecule has 118 valence electrons. The first-order valence-electron chi connectivity index (χ1n) is 7.38. The van der Waals surface area contributed by atoms with Crippen LogP contribution in [0.2, 0.25) is 0 Å². The van der Waals surface area contributed by atoms with Gasteiger partial charge in [-0.15, -0.1) is 0 Å². The summed E-state index contributed by atoms with van der Waals surface area (Å²) in [7, 11) is 0. The predicted octanol–water partition coefficient (Wildman–Crippen LogP) is 3.72. The first kappa shape index (κ1) is 15.7. The zero-order valence-electron chi connectivity index (χ0n) is 12.7. The Bertz CT molecular complexity index is 742. The quantitative estimate of drug-likeness (QED) is 0.608. The second-order valence-electron chi connectivity index (χ2n) is 5.59. The Labute approximate surface area is 143 Å². The van der Waals surface area contributed by atoms with E-state index in [1.54, 1.807) is 17.0 Å². The summed E-state index contributed by atoms with van der Waals surface area (Å²) in [6, 6.07) is 14.8. The van der Waals surface area contributed by atoms with Gasteiger partial charge in [-0.25, -0.2) is 0 Å². The summed E-state index contributed by atoms with van der Waals surface area (Å²) in [5.74, 6) is -0.372. The van der Waals surface area contributed by atoms with Crippen molar-refractivity contribution >= 4 is 33.5 Å². The normalized spacial score (nSPS) is 17.4. The van der Waals surface area contributed by atoms with Crippen molar-refractivity contribution in [3.8, 4) is 5.75 Å². The van der Waals surface area contributed by atoms with Crippen LogP contribution in [0.4, 0.5) is 5.69 Å². The molecule has 1 aliphatic rings. The van der Waals surface area contributed by atoms with Crippen LogP contribution < -0.4 is 9.64 Å². The van der Waals surface area contributed by atoms with Crippen LogP contribution in [0, 0.1) is 12.8 Å². The molecule has 5 heteroatoms. The lowest BCUT2D eigenvalue weighted by Gasteiger charge is -2.18. The molecule has 0 aliphatic carbocycles. The Balaban J connectivity index is 1.71. The number of carbonyl (C=O) groups is 2. The molecular formula is C18H16BrNO3. The number of hydrogen-bond acceptors (Lipinski definition) is 3. The van der Waals surface area contributed by atoms with Gasteiger partial charge in [-0.2, -0.15) is 0 Å². The fraction of sp³-hybridized carbons (Fsp3) is 0.222. The number of aryl methyl sites for hydroxylation is 1. The third-order valence-electron chi connectivity index (χ3n) is 3.84. The molecule has 1 aliphatic heterocycles. The van der Waals surface area contributed by atoms with Gasteiger partial charge in [0.25, 0.3) is 0 Å². The number of benzene rings is 2. The molecule has 0 N–H and O–H groups in total. The van der Waals surface area contributed by atoms with E-state index in [9.17, 15) is 9.59 Å². The SMILES string of the molecule is Cc1ccc(OC(=O)C2CC(=O)N(c3ccccc3Br)C2)cc1. The molecule has 1 saturated heterocycles. The van der Waals surface area contributed by atoms with Crippen molar-refractivity contribution in [1.82, 2.24) is 0 Å². The van der Waals surface area contributed by atoms with Crippen LogP contribution in [0.15, 0.2) is 53.0 Å². The van der Waals surface area contributed by atoms with Crippen molar-refractivity contribution in [3.05, 3.63) is 58.6 Å². The molecule has 3 rings (SSSR count). The van der Waals surface area contributed by atoms with Gasteiger partial charge >= 0.3 is 5.97 Å². The lowest BCUT2D eigenvalue weighted by Crippen LogP contribution is -2.27. The number of nitrogens with zero attached hydrogens (tertiary/aromatic N) is 1. The molecule has 1 atom stereocenters. The number of halogens is 1. The monoisotopic (exact) mass is 373 g/mol. The van der Waals surface area contributed by atoms with Gasteiger partial charge in [-0.1, -0.05) is 29.8 Å². The summed E-state index contributed by atoms with van der Waals surface area (Å²) in [6.07, 6.45) is 0.173. The molecule has 0 spiro atoms. The second-order valence-corrected chi connectivity index (χ2v) is 6.45. The minimum Gasteiger partial charge on any atom is -0.426 e. The van der Waals surface area contributed by atoms with Gasteiger partial charge in [-0.05, 0) is 47.1 Å². The number of hydrogen-bond donors (Lipinski definition) is 0. The Kier molecular flexibility index (Phi) is 4.48. The number of rotatable bonds is 3. The van der Waals surface area contributed by atoms with Crippen molar-refractivity contribution in [3.63, 3.8) is 0 Å². The van der Waals surface area contributed by atoms with Gasteiger partial charge in [0, 0.05) is 17.4 Å². The minimum atomic E-state index is -0.448. The largest absolute Gasteiger partial charge is 0.426 e. The maximum absolute atomic E-state index is 12.3. The minimum absolute atomic E-state index is 0.0669. The van der Waals surface area contributed by atoms with Crippen LogP contribution in [-0.2, 0) is 9.59 Å². The molecule has 1 unspecified atom stereocenters. The third kappa shape index (κ3) is 3.45. The molecule has 0 radical (unpaired) electrons. The highest BCUT2D eigenvalue weighted by molar-refractivity contribution is 9.10. The second kappa shape index (κ2) is 6.54. The fourth-order valence-electron chi connectivity index (χ4n) is 2.57. The maximum Gasteiger partial charge on any atom is 0.316 e. The number of carbonyl (C=O) groups excluding carboxylic acids is 2. The molecule has 1 fully saturated rings. The summed E-state index contributed by atoms with van der Waals surface area (Å²) in [6.45, 7) is 2.31. The Morgan fingerprint density at radius 2 is 1.87 bits per heavy atom. The van der Waals surface area contributed by atoms with Gasteiger partial charge < -0.3 is 9.64 Å². The standard InChI is InChI=1S/C18H16BrNO3/c1-12-6-8-14(9-7-12)23-18(22)13-10-17(21)20(11-13)16-5-3-2-4-15(16)19/h2-9,13H,10-11H2,1H3. The van der Waals surface area contributed by atoms with Gasteiger partial charge in [-0.3, -0.25) is 9.59 Å². The summed E-state index contributed by atoms with van der Waals surface area (Å²) in [4.78, 5) is 26.2. The molecule has 2 aromatic rings. The number of ether oxygens (including phenoxy) is 1. The maximum atomic E-state index is 12.3. The summed E-state index contributed by atoms with van der Waals surface area (Å²) in [5.41, 5.74) is 1.88. The van der Waals surface area contributed by atoms with E-state index in [1.807, 2.05) is 43.3 Å². The van der Waals surface area contributed by atoms with Crippen LogP contribution in [-0.4, -0.2) is 18.4 Å². The summed E-state index contributed by atoms with van der Waals surface area (Å²) in [5, 5.41) is 0. The van der Waals surface area contributed by atoms with Crippen molar-refractivity contribution in [2.45, 2.75) is 13.3 Å². The van der Waals surface area contributed by atoms with E-state index >= 15 is 0 Å². The molecule has 1 heterocycles. The first-order chi connectivity index (χ1) is 11.0. The highest BCUT2D eigenvalue weighted by Gasteiger charge is 2.37. The van der Waals surface area contributed by atoms with Crippen LogP contribution in [0.3, 0.4) is 0 Å². The van der Waals surface area contributed by atoms with Crippen LogP contribution >= 0.6 is 15.9 Å². The third-order valence-corrected chi connectivity index (χ3v) is 4.51. The lowest BCUT2D eigenvalue weighted by atomic mass is 10.1. The highest BCUT2D eigenvalue weighted by atomic mass is 79.9. The van der Waals surface area contributed by atoms with Crippen LogP contribution in [0.5, 0.6) is 5.75 Å². The van der Waals surface area contributed by atoms with E-state index in [4.69, 9.17) is 4.74 Å². The molecule has 23 heavy (non-hydrogen) atoms. The summed E-state index contributed by atoms with van der Waals surface area (Å²) >= 11 is 3.44. The molecule has 0 saturated carbocycles. The number of amides is 1. The zero-order valence-corrected chi connectivity index (χ0v) is 14.2. The number of esters is 1. The van der Waals surface area contributed by atoms with E-state index in [2.05, 4.69) is 15.9 Å². The van der Waals surface area contributed by atoms with Gasteiger partial charge in [0.1, 0.15) is 5.75 Å². The van der Waals surface area contributed by atoms with Crippen molar-refractivity contribution in [2.75, 3.05) is 11.4 Å². The smallest absolute Gasteiger partial charge is 0.316 e. The van der Waals surface area contributed by atoms with Crippen LogP contribution in [0.1, 0.15) is 12.0 Å². The zero-order chi connectivity index (χ0) is 16.4. The highest BCUT2D eigenvalue weighted by Crippen LogP contribution is 2.31.